The number of benzene rings is 7. The van der Waals surface area contributed by atoms with Crippen LogP contribution in [-0.2, 0) is 101 Å². The first-order valence-corrected chi connectivity index (χ1v) is 24.0. The number of rotatable bonds is 6. The van der Waals surface area contributed by atoms with Crippen LogP contribution in [0.25, 0.3) is 78.2 Å². The van der Waals surface area contributed by atoms with Gasteiger partial charge < -0.3 is 24.9 Å². The first-order chi connectivity index (χ1) is 36.0. The maximum Gasteiger partial charge on any atom is 0.0167 e. The van der Waals surface area contributed by atoms with Gasteiger partial charge in [-0.1, -0.05) is 102 Å². The Balaban J connectivity index is 0.000000255. The minimum Gasteiger partial charge on any atom is -0.305 e. The molecular formula is C68H52Ir5N5-5. The zero-order valence-corrected chi connectivity index (χ0v) is 54.7. The molecule has 0 aliphatic rings. The summed E-state index contributed by atoms with van der Waals surface area (Å²) in [4.78, 5) is 21.7. The molecule has 0 amide bonds. The van der Waals surface area contributed by atoms with E-state index in [0.717, 1.165) is 56.3 Å². The largest absolute Gasteiger partial charge is 0.305 e. The van der Waals surface area contributed by atoms with Gasteiger partial charge in [0, 0.05) is 132 Å². The fourth-order valence-electron chi connectivity index (χ4n) is 7.60. The summed E-state index contributed by atoms with van der Waals surface area (Å²) in [6.07, 6.45) is 9.11. The van der Waals surface area contributed by atoms with E-state index >= 15 is 0 Å². The van der Waals surface area contributed by atoms with Gasteiger partial charge in [0.1, 0.15) is 0 Å². The minimum atomic E-state index is 0. The Morgan fingerprint density at radius 1 is 0.282 bits per heavy atom. The van der Waals surface area contributed by atoms with Gasteiger partial charge in [-0.3, -0.25) is 0 Å². The summed E-state index contributed by atoms with van der Waals surface area (Å²) in [7, 11) is 0. The number of aryl methyl sites for hydroxylation is 3. The van der Waals surface area contributed by atoms with Crippen molar-refractivity contribution >= 4 is 10.8 Å². The van der Waals surface area contributed by atoms with Crippen LogP contribution in [0.15, 0.2) is 262 Å². The number of nitrogens with zero attached hydrogens (tertiary/aromatic N) is 5. The van der Waals surface area contributed by atoms with Gasteiger partial charge in [0.15, 0.2) is 0 Å². The molecule has 5 aromatic heterocycles. The average Bonchev–Trinajstić information content (AvgIpc) is 3.48. The SMILES string of the molecule is Cc1cccnc1-c1[c-]cccc1.Cc1ccnc(-c2[c-]ccc(-c3ccccc3)c2)c1.Cc1ccnc(-c2[c-]cccc2)c1.[Ir].[Ir].[Ir].[Ir].[Ir].[c-]1ccccc1-c1ccccn1.[c-]1ccccc1-c1nccc2ccccc12. The summed E-state index contributed by atoms with van der Waals surface area (Å²) >= 11 is 0. The van der Waals surface area contributed by atoms with Crippen LogP contribution in [0.5, 0.6) is 0 Å². The van der Waals surface area contributed by atoms with Crippen LogP contribution < -0.4 is 0 Å². The van der Waals surface area contributed by atoms with E-state index in [1.54, 1.807) is 6.20 Å². The Labute approximate surface area is 527 Å². The van der Waals surface area contributed by atoms with Gasteiger partial charge in [-0.15, -0.1) is 179 Å². The Morgan fingerprint density at radius 3 is 1.29 bits per heavy atom. The summed E-state index contributed by atoms with van der Waals surface area (Å²) in [6, 6.07) is 92.3. The van der Waals surface area contributed by atoms with Gasteiger partial charge in [-0.05, 0) is 95.9 Å². The van der Waals surface area contributed by atoms with Gasteiger partial charge in [0.2, 0.25) is 0 Å². The van der Waals surface area contributed by atoms with Crippen LogP contribution in [0.4, 0.5) is 0 Å². The molecule has 78 heavy (non-hydrogen) atoms. The van der Waals surface area contributed by atoms with Gasteiger partial charge >= 0.3 is 0 Å². The maximum atomic E-state index is 4.45. The van der Waals surface area contributed by atoms with Gasteiger partial charge in [0.05, 0.1) is 0 Å². The second-order valence-electron chi connectivity index (χ2n) is 16.7. The van der Waals surface area contributed by atoms with Crippen molar-refractivity contribution in [1.82, 2.24) is 24.9 Å². The van der Waals surface area contributed by atoms with Crippen molar-refractivity contribution in [2.24, 2.45) is 0 Å². The van der Waals surface area contributed by atoms with Crippen molar-refractivity contribution < 1.29 is 101 Å². The van der Waals surface area contributed by atoms with Crippen LogP contribution in [0.3, 0.4) is 0 Å². The van der Waals surface area contributed by atoms with E-state index in [1.165, 1.54) is 38.6 Å². The van der Waals surface area contributed by atoms with Crippen LogP contribution in [0, 0.1) is 51.1 Å². The van der Waals surface area contributed by atoms with Crippen molar-refractivity contribution in [2.45, 2.75) is 20.8 Å². The van der Waals surface area contributed by atoms with Gasteiger partial charge in [-0.2, -0.15) is 0 Å². The van der Waals surface area contributed by atoms with Crippen molar-refractivity contribution in [3.8, 4) is 67.4 Å². The molecule has 0 fully saturated rings. The molecule has 0 spiro atoms. The van der Waals surface area contributed by atoms with Crippen LogP contribution in [0.2, 0.25) is 0 Å². The van der Waals surface area contributed by atoms with E-state index in [4.69, 9.17) is 0 Å². The normalized spacial score (nSPS) is 9.47. The molecule has 7 aromatic carbocycles. The fraction of sp³-hybridized carbons (Fsp3) is 0.0441. The molecule has 5 heterocycles. The Kier molecular flexibility index (Phi) is 30.5. The van der Waals surface area contributed by atoms with E-state index in [0.29, 0.717) is 0 Å². The van der Waals surface area contributed by atoms with E-state index in [1.807, 2.05) is 189 Å². The minimum absolute atomic E-state index is 0. The topological polar surface area (TPSA) is 64.5 Å². The zero-order chi connectivity index (χ0) is 50.3. The molecule has 12 aromatic rings. The molecule has 0 unspecified atom stereocenters. The van der Waals surface area contributed by atoms with E-state index in [2.05, 4.69) is 143 Å². The number of fused-ring (bicyclic) bond motifs is 1. The Bertz CT molecular complexity index is 3500. The molecular weight excluding hydrogens is 1850 g/mol. The number of hydrogen-bond acceptors (Lipinski definition) is 5. The molecule has 5 nitrogen and oxygen atoms in total. The third-order valence-electron chi connectivity index (χ3n) is 11.3. The summed E-state index contributed by atoms with van der Waals surface area (Å²) in [6.45, 7) is 6.20. The maximum absolute atomic E-state index is 4.45. The second-order valence-corrected chi connectivity index (χ2v) is 16.7. The molecule has 5 radical (unpaired) electrons. The molecule has 399 valence electrons. The van der Waals surface area contributed by atoms with Crippen LogP contribution in [-0.4, -0.2) is 24.9 Å². The average molecular weight is 1900 g/mol. The van der Waals surface area contributed by atoms with Crippen molar-refractivity contribution in [2.75, 3.05) is 0 Å². The third-order valence-corrected chi connectivity index (χ3v) is 11.3. The molecule has 10 heteroatoms. The number of aromatic nitrogens is 5. The standard InChI is InChI=1S/C18H14N.C15H10N.2C12H10N.C11H8N.5Ir/c1-14-10-11-19-18(12-14)17-9-5-8-16(13-17)15-6-3-2-4-7-15;1-2-7-13(8-3-1)15-14-9-5-4-6-12(14)10-11-16-15;1-10-6-5-9-13-12(10)11-7-3-2-4-8-11;1-10-7-8-13-12(9-10)11-5-3-2-4-6-11;1-2-6-10(7-3-1)11-8-4-5-9-12-11;;;;;/h2-8,10-13H,1H3;1-7,9-11H;2-7,9H,1H3;2-5,7-9H,1H3;1-6,8-9H;;;;;/q5*-1;;;;;. The summed E-state index contributed by atoms with van der Waals surface area (Å²) < 4.78 is 0. The molecule has 0 N–H and O–H groups in total. The predicted molar refractivity (Wildman–Crippen MR) is 300 cm³/mol. The van der Waals surface area contributed by atoms with E-state index < -0.39 is 0 Å². The molecule has 0 aliphatic heterocycles. The third kappa shape index (κ3) is 20.2. The number of hydrogen-bond donors (Lipinski definition) is 0. The summed E-state index contributed by atoms with van der Waals surface area (Å²) in [5, 5.41) is 2.39. The van der Waals surface area contributed by atoms with Gasteiger partial charge in [0.25, 0.3) is 0 Å². The van der Waals surface area contributed by atoms with Crippen molar-refractivity contribution in [1.29, 1.82) is 0 Å². The summed E-state index contributed by atoms with van der Waals surface area (Å²) in [5.74, 6) is 0. The molecule has 12 rings (SSSR count). The Morgan fingerprint density at radius 2 is 0.744 bits per heavy atom. The molecule has 0 aliphatic carbocycles. The molecule has 0 atom stereocenters. The van der Waals surface area contributed by atoms with Crippen LogP contribution >= 0.6 is 0 Å². The van der Waals surface area contributed by atoms with Crippen molar-refractivity contribution in [3.63, 3.8) is 0 Å². The zero-order valence-electron chi connectivity index (χ0n) is 42.7. The molecule has 0 bridgehead atoms. The second kappa shape index (κ2) is 36.1. The molecule has 0 saturated heterocycles. The van der Waals surface area contributed by atoms with Crippen LogP contribution in [0.1, 0.15) is 16.7 Å². The number of pyridine rings is 5. The first-order valence-electron chi connectivity index (χ1n) is 24.0. The summed E-state index contributed by atoms with van der Waals surface area (Å²) in [5.41, 5.74) is 16.2. The Hall–Kier alpha value is -6.20. The van der Waals surface area contributed by atoms with Crippen molar-refractivity contribution in [3.05, 3.63) is 309 Å². The fourth-order valence-corrected chi connectivity index (χ4v) is 7.60. The predicted octanol–water partition coefficient (Wildman–Crippen LogP) is 16.5. The smallest absolute Gasteiger partial charge is 0.0167 e. The first kappa shape index (κ1) is 66.1. The monoisotopic (exact) mass is 1900 g/mol. The van der Waals surface area contributed by atoms with E-state index in [9.17, 15) is 0 Å². The quantitative estimate of drug-likeness (QED) is 0.155. The van der Waals surface area contributed by atoms with E-state index in [-0.39, 0.29) is 101 Å². The van der Waals surface area contributed by atoms with Gasteiger partial charge in [-0.25, -0.2) is 0 Å². The molecule has 0 saturated carbocycles.